The number of nitrogens with one attached hydrogen (secondary N) is 3. The van der Waals surface area contributed by atoms with Crippen molar-refractivity contribution in [2.75, 3.05) is 49.1 Å². The Morgan fingerprint density at radius 2 is 1.52 bits per heavy atom. The van der Waals surface area contributed by atoms with Gasteiger partial charge in [-0.1, -0.05) is 84.9 Å². The van der Waals surface area contributed by atoms with Crippen molar-refractivity contribution in [3.63, 3.8) is 0 Å². The zero-order valence-electron chi connectivity index (χ0n) is 28.0. The number of piperazine rings is 1. The average Bonchev–Trinajstić information content (AvgIpc) is 3.58. The van der Waals surface area contributed by atoms with E-state index in [-0.39, 0.29) is 24.5 Å². The van der Waals surface area contributed by atoms with Gasteiger partial charge in [0.25, 0.3) is 0 Å². The fourth-order valence-corrected chi connectivity index (χ4v) is 6.98. The Morgan fingerprint density at radius 1 is 0.820 bits per heavy atom. The smallest absolute Gasteiger partial charge is 0.407 e. The number of rotatable bonds is 9. The standard InChI is InChI=1S/C40H42N6O4/c47-38(46-27-30(23-31-13-7-10-18-37(31)46)25-42-40(49)50-28-29-11-3-1-4-12-29)36(24-32-26-41-35-17-9-8-16-34(32)35)43-39(48)45-21-19-44(20-22-45)33-14-5-2-6-15-33/h1-18,26,30,36,41H,19-25,27-28H2,(H,42,49)(H,43,48)/t30-,36-/m1/s1. The van der Waals surface area contributed by atoms with Crippen molar-refractivity contribution < 1.29 is 19.1 Å². The van der Waals surface area contributed by atoms with E-state index in [0.29, 0.717) is 52.1 Å². The number of aromatic amines is 1. The number of para-hydroxylation sites is 3. The molecule has 0 aliphatic carbocycles. The number of H-pyrrole nitrogens is 1. The number of anilines is 2. The zero-order chi connectivity index (χ0) is 34.3. The van der Waals surface area contributed by atoms with E-state index in [0.717, 1.165) is 39.0 Å². The third kappa shape index (κ3) is 7.59. The van der Waals surface area contributed by atoms with Crippen molar-refractivity contribution in [1.82, 2.24) is 20.5 Å². The number of hydrogen-bond acceptors (Lipinski definition) is 5. The second kappa shape index (κ2) is 15.2. The zero-order valence-corrected chi connectivity index (χ0v) is 28.0. The summed E-state index contributed by atoms with van der Waals surface area (Å²) in [4.78, 5) is 50.3. The minimum absolute atomic E-state index is 0.0476. The predicted octanol–water partition coefficient (Wildman–Crippen LogP) is 5.74. The lowest BCUT2D eigenvalue weighted by atomic mass is 9.91. The number of alkyl carbamates (subject to hydrolysis) is 1. The van der Waals surface area contributed by atoms with Crippen LogP contribution in [0, 0.1) is 5.92 Å². The summed E-state index contributed by atoms with van der Waals surface area (Å²) in [6.07, 6.45) is 2.45. The Bertz CT molecular complexity index is 1920. The van der Waals surface area contributed by atoms with Crippen molar-refractivity contribution >= 4 is 40.3 Å². The minimum atomic E-state index is -0.815. The first kappa shape index (κ1) is 32.8. The van der Waals surface area contributed by atoms with Gasteiger partial charge in [-0.05, 0) is 53.3 Å². The number of nitrogens with zero attached hydrogens (tertiary/aromatic N) is 3. The summed E-state index contributed by atoms with van der Waals surface area (Å²) in [5.74, 6) is -0.232. The summed E-state index contributed by atoms with van der Waals surface area (Å²) >= 11 is 0. The molecule has 10 heteroatoms. The number of aromatic nitrogens is 1. The van der Waals surface area contributed by atoms with Crippen LogP contribution >= 0.6 is 0 Å². The quantitative estimate of drug-likeness (QED) is 0.185. The van der Waals surface area contributed by atoms with Crippen molar-refractivity contribution in [3.8, 4) is 0 Å². The number of fused-ring (bicyclic) bond motifs is 2. The lowest BCUT2D eigenvalue weighted by Gasteiger charge is -2.38. The molecule has 0 radical (unpaired) electrons. The molecule has 1 fully saturated rings. The van der Waals surface area contributed by atoms with Crippen LogP contribution in [0.2, 0.25) is 0 Å². The molecule has 1 saturated heterocycles. The van der Waals surface area contributed by atoms with Gasteiger partial charge in [-0.2, -0.15) is 0 Å². The second-order valence-corrected chi connectivity index (χ2v) is 13.0. The fraction of sp³-hybridized carbons (Fsp3) is 0.275. The molecular formula is C40H42N6O4. The molecule has 0 unspecified atom stereocenters. The van der Waals surface area contributed by atoms with Crippen molar-refractivity contribution in [1.29, 1.82) is 0 Å². The molecule has 0 bridgehead atoms. The number of hydrogen-bond donors (Lipinski definition) is 3. The number of carbonyl (C=O) groups excluding carboxylic acids is 3. The minimum Gasteiger partial charge on any atom is -0.445 e. The number of ether oxygens (including phenoxy) is 1. The third-order valence-corrected chi connectivity index (χ3v) is 9.63. The largest absolute Gasteiger partial charge is 0.445 e. The summed E-state index contributed by atoms with van der Waals surface area (Å²) < 4.78 is 5.44. The van der Waals surface area contributed by atoms with E-state index in [1.165, 1.54) is 0 Å². The van der Waals surface area contributed by atoms with Crippen LogP contribution < -0.4 is 20.4 Å². The normalized spacial score (nSPS) is 16.4. The van der Waals surface area contributed by atoms with Gasteiger partial charge in [0.1, 0.15) is 12.6 Å². The Morgan fingerprint density at radius 3 is 2.32 bits per heavy atom. The number of carbonyl (C=O) groups is 3. The summed E-state index contributed by atoms with van der Waals surface area (Å²) in [6.45, 7) is 3.44. The average molecular weight is 671 g/mol. The molecule has 4 aromatic carbocycles. The van der Waals surface area contributed by atoms with E-state index >= 15 is 0 Å². The molecule has 3 heterocycles. The molecule has 5 aromatic rings. The van der Waals surface area contributed by atoms with Gasteiger partial charge in [-0.25, -0.2) is 9.59 Å². The van der Waals surface area contributed by atoms with Crippen LogP contribution in [0.4, 0.5) is 21.0 Å². The van der Waals surface area contributed by atoms with Gasteiger partial charge in [-0.3, -0.25) is 4.79 Å². The lowest BCUT2D eigenvalue weighted by molar-refractivity contribution is -0.120. The third-order valence-electron chi connectivity index (χ3n) is 9.63. The number of benzene rings is 4. The summed E-state index contributed by atoms with van der Waals surface area (Å²) in [7, 11) is 0. The van der Waals surface area contributed by atoms with Gasteiger partial charge in [-0.15, -0.1) is 0 Å². The molecule has 7 rings (SSSR count). The van der Waals surface area contributed by atoms with Crippen molar-refractivity contribution in [2.24, 2.45) is 5.92 Å². The molecular weight excluding hydrogens is 628 g/mol. The number of urea groups is 1. The van der Waals surface area contributed by atoms with Crippen molar-refractivity contribution in [2.45, 2.75) is 25.5 Å². The van der Waals surface area contributed by atoms with Crippen LogP contribution in [0.1, 0.15) is 16.7 Å². The topological polar surface area (TPSA) is 110 Å². The van der Waals surface area contributed by atoms with E-state index < -0.39 is 12.1 Å². The highest BCUT2D eigenvalue weighted by molar-refractivity contribution is 6.00. The van der Waals surface area contributed by atoms with Crippen LogP contribution in [0.3, 0.4) is 0 Å². The molecule has 10 nitrogen and oxygen atoms in total. The van der Waals surface area contributed by atoms with E-state index in [4.69, 9.17) is 4.74 Å². The predicted molar refractivity (Wildman–Crippen MR) is 195 cm³/mol. The summed E-state index contributed by atoms with van der Waals surface area (Å²) in [5, 5.41) is 7.07. The van der Waals surface area contributed by atoms with Gasteiger partial charge in [0, 0.05) is 74.2 Å². The van der Waals surface area contributed by atoms with Crippen LogP contribution in [0.25, 0.3) is 10.9 Å². The molecule has 2 aliphatic heterocycles. The van der Waals surface area contributed by atoms with E-state index in [1.54, 1.807) is 9.80 Å². The Hall–Kier alpha value is -5.77. The number of amides is 4. The molecule has 3 N–H and O–H groups in total. The summed E-state index contributed by atoms with van der Waals surface area (Å²) in [6, 6.07) is 34.5. The molecule has 2 atom stereocenters. The second-order valence-electron chi connectivity index (χ2n) is 13.0. The fourth-order valence-electron chi connectivity index (χ4n) is 6.98. The SMILES string of the molecule is O=C(NC[C@H]1Cc2ccccc2N(C(=O)[C@@H](Cc2c[nH]c3ccccc23)NC(=O)N2CCN(c3ccccc3)CC2)C1)OCc1ccccc1. The highest BCUT2D eigenvalue weighted by Gasteiger charge is 2.35. The monoisotopic (exact) mass is 670 g/mol. The molecule has 50 heavy (non-hydrogen) atoms. The van der Waals surface area contributed by atoms with Crippen LogP contribution in [-0.4, -0.2) is 73.2 Å². The van der Waals surface area contributed by atoms with Crippen LogP contribution in [0.5, 0.6) is 0 Å². The highest BCUT2D eigenvalue weighted by Crippen LogP contribution is 2.31. The Labute approximate surface area is 292 Å². The van der Waals surface area contributed by atoms with E-state index in [9.17, 15) is 14.4 Å². The highest BCUT2D eigenvalue weighted by atomic mass is 16.5. The van der Waals surface area contributed by atoms with Gasteiger partial charge in [0.15, 0.2) is 0 Å². The molecule has 1 aromatic heterocycles. The maximum atomic E-state index is 14.7. The van der Waals surface area contributed by atoms with Gasteiger partial charge < -0.3 is 35.1 Å². The van der Waals surface area contributed by atoms with Crippen LogP contribution in [0.15, 0.2) is 115 Å². The van der Waals surface area contributed by atoms with Gasteiger partial charge in [0.05, 0.1) is 0 Å². The Kier molecular flexibility index (Phi) is 9.96. The first-order chi connectivity index (χ1) is 24.5. The van der Waals surface area contributed by atoms with Gasteiger partial charge in [0.2, 0.25) is 5.91 Å². The van der Waals surface area contributed by atoms with Crippen molar-refractivity contribution in [3.05, 3.63) is 132 Å². The van der Waals surface area contributed by atoms with Crippen LogP contribution in [-0.2, 0) is 29.0 Å². The maximum absolute atomic E-state index is 14.7. The molecule has 2 aliphatic rings. The molecule has 4 amide bonds. The van der Waals surface area contributed by atoms with E-state index in [1.807, 2.05) is 103 Å². The molecule has 256 valence electrons. The lowest BCUT2D eigenvalue weighted by Crippen LogP contribution is -2.58. The first-order valence-electron chi connectivity index (χ1n) is 17.3. The van der Waals surface area contributed by atoms with E-state index in [2.05, 4.69) is 32.7 Å². The summed E-state index contributed by atoms with van der Waals surface area (Å²) in [5.41, 5.74) is 5.83. The first-order valence-corrected chi connectivity index (χ1v) is 17.3. The molecule has 0 saturated carbocycles. The van der Waals surface area contributed by atoms with Gasteiger partial charge >= 0.3 is 12.1 Å². The molecule has 0 spiro atoms. The Balaban J connectivity index is 1.07. The maximum Gasteiger partial charge on any atom is 0.407 e.